The maximum absolute atomic E-state index is 4.51. The molecule has 0 saturated carbocycles. The van der Waals surface area contributed by atoms with Crippen molar-refractivity contribution < 1.29 is 0 Å². The molecular formula is C16H16N4. The Kier molecular flexibility index (Phi) is 3.73. The van der Waals surface area contributed by atoms with Gasteiger partial charge in [-0.25, -0.2) is 4.98 Å². The Morgan fingerprint density at radius 1 is 0.900 bits per heavy atom. The normalized spacial score (nSPS) is 10.4. The first-order valence-electron chi connectivity index (χ1n) is 6.67. The van der Waals surface area contributed by atoms with Crippen LogP contribution in [0.4, 0.5) is 5.69 Å². The molecular weight excluding hydrogens is 248 g/mol. The lowest BCUT2D eigenvalue weighted by Crippen LogP contribution is -2.05. The van der Waals surface area contributed by atoms with Gasteiger partial charge in [0.25, 0.3) is 0 Å². The molecule has 0 aliphatic carbocycles. The molecule has 4 heteroatoms. The van der Waals surface area contributed by atoms with E-state index in [2.05, 4.69) is 32.6 Å². The predicted molar refractivity (Wildman–Crippen MR) is 80.5 cm³/mol. The summed E-state index contributed by atoms with van der Waals surface area (Å²) in [7, 11) is 0. The molecule has 20 heavy (non-hydrogen) atoms. The van der Waals surface area contributed by atoms with Gasteiger partial charge in [-0.15, -0.1) is 0 Å². The SMILES string of the molecule is c1ccc(NCCc2nc(-c3ccccc3)n[nH]2)cc1. The van der Waals surface area contributed by atoms with E-state index in [9.17, 15) is 0 Å². The zero-order valence-corrected chi connectivity index (χ0v) is 11.1. The molecule has 0 saturated heterocycles. The average molecular weight is 264 g/mol. The average Bonchev–Trinajstić information content (AvgIpc) is 2.98. The van der Waals surface area contributed by atoms with E-state index in [1.165, 1.54) is 0 Å². The second-order valence-electron chi connectivity index (χ2n) is 4.51. The Balaban J connectivity index is 1.58. The van der Waals surface area contributed by atoms with Gasteiger partial charge in [0.05, 0.1) is 0 Å². The van der Waals surface area contributed by atoms with Crippen LogP contribution in [0.25, 0.3) is 11.4 Å². The second kappa shape index (κ2) is 6.02. The highest BCUT2D eigenvalue weighted by Crippen LogP contribution is 2.13. The summed E-state index contributed by atoms with van der Waals surface area (Å²) in [5.41, 5.74) is 2.15. The summed E-state index contributed by atoms with van der Waals surface area (Å²) in [6.45, 7) is 0.827. The Bertz CT molecular complexity index is 647. The second-order valence-corrected chi connectivity index (χ2v) is 4.51. The van der Waals surface area contributed by atoms with E-state index >= 15 is 0 Å². The van der Waals surface area contributed by atoms with Crippen LogP contribution in [0, 0.1) is 0 Å². The van der Waals surface area contributed by atoms with Crippen LogP contribution in [-0.2, 0) is 6.42 Å². The minimum absolute atomic E-state index is 0.750. The zero-order valence-electron chi connectivity index (χ0n) is 11.1. The number of para-hydroxylation sites is 1. The van der Waals surface area contributed by atoms with E-state index in [0.29, 0.717) is 0 Å². The largest absolute Gasteiger partial charge is 0.385 e. The third kappa shape index (κ3) is 3.03. The molecule has 0 atom stereocenters. The van der Waals surface area contributed by atoms with Gasteiger partial charge < -0.3 is 5.32 Å². The Labute approximate surface area is 117 Å². The molecule has 0 amide bonds. The van der Waals surface area contributed by atoms with E-state index < -0.39 is 0 Å². The van der Waals surface area contributed by atoms with Crippen molar-refractivity contribution in [3.63, 3.8) is 0 Å². The molecule has 4 nitrogen and oxygen atoms in total. The maximum Gasteiger partial charge on any atom is 0.181 e. The summed E-state index contributed by atoms with van der Waals surface area (Å²) in [5.74, 6) is 1.65. The van der Waals surface area contributed by atoms with E-state index in [1.54, 1.807) is 0 Å². The lowest BCUT2D eigenvalue weighted by atomic mass is 10.2. The Hall–Kier alpha value is -2.62. The van der Waals surface area contributed by atoms with Gasteiger partial charge in [0.15, 0.2) is 5.82 Å². The number of benzene rings is 2. The number of nitrogens with one attached hydrogen (secondary N) is 2. The summed E-state index contributed by atoms with van der Waals surface area (Å²) >= 11 is 0. The number of hydrogen-bond donors (Lipinski definition) is 2. The fourth-order valence-corrected chi connectivity index (χ4v) is 2.00. The number of aromatic amines is 1. The van der Waals surface area contributed by atoms with E-state index in [1.807, 2.05) is 48.5 Å². The first-order valence-corrected chi connectivity index (χ1v) is 6.67. The van der Waals surface area contributed by atoms with Crippen LogP contribution in [0.15, 0.2) is 60.7 Å². The van der Waals surface area contributed by atoms with Crippen LogP contribution in [0.2, 0.25) is 0 Å². The molecule has 2 aromatic carbocycles. The van der Waals surface area contributed by atoms with Gasteiger partial charge in [-0.05, 0) is 12.1 Å². The zero-order chi connectivity index (χ0) is 13.6. The van der Waals surface area contributed by atoms with E-state index in [-0.39, 0.29) is 0 Å². The topological polar surface area (TPSA) is 53.6 Å². The summed E-state index contributed by atoms with van der Waals surface area (Å²) in [6.07, 6.45) is 0.814. The summed E-state index contributed by atoms with van der Waals surface area (Å²) in [6, 6.07) is 20.1. The number of nitrogens with zero attached hydrogens (tertiary/aromatic N) is 2. The molecule has 0 spiro atoms. The Morgan fingerprint density at radius 3 is 2.35 bits per heavy atom. The van der Waals surface area contributed by atoms with Crippen molar-refractivity contribution in [2.75, 3.05) is 11.9 Å². The molecule has 100 valence electrons. The summed E-state index contributed by atoms with van der Waals surface area (Å²) in [5, 5.41) is 10.6. The monoisotopic (exact) mass is 264 g/mol. The van der Waals surface area contributed by atoms with Crippen molar-refractivity contribution >= 4 is 5.69 Å². The highest BCUT2D eigenvalue weighted by atomic mass is 15.2. The van der Waals surface area contributed by atoms with Crippen molar-refractivity contribution in [2.24, 2.45) is 0 Å². The predicted octanol–water partition coefficient (Wildman–Crippen LogP) is 3.13. The van der Waals surface area contributed by atoms with Crippen molar-refractivity contribution in [3.8, 4) is 11.4 Å². The molecule has 1 heterocycles. The molecule has 0 unspecified atom stereocenters. The highest BCUT2D eigenvalue weighted by Gasteiger charge is 2.04. The van der Waals surface area contributed by atoms with Crippen LogP contribution in [0.5, 0.6) is 0 Å². The fourth-order valence-electron chi connectivity index (χ4n) is 2.00. The van der Waals surface area contributed by atoms with Gasteiger partial charge in [-0.2, -0.15) is 5.10 Å². The quantitative estimate of drug-likeness (QED) is 0.744. The molecule has 0 radical (unpaired) electrons. The minimum Gasteiger partial charge on any atom is -0.385 e. The van der Waals surface area contributed by atoms with Crippen LogP contribution in [0.3, 0.4) is 0 Å². The van der Waals surface area contributed by atoms with E-state index in [4.69, 9.17) is 0 Å². The lowest BCUT2D eigenvalue weighted by molar-refractivity contribution is 0.901. The molecule has 0 bridgehead atoms. The van der Waals surface area contributed by atoms with Gasteiger partial charge >= 0.3 is 0 Å². The van der Waals surface area contributed by atoms with Crippen molar-refractivity contribution in [1.29, 1.82) is 0 Å². The molecule has 1 aromatic heterocycles. The molecule has 3 aromatic rings. The highest BCUT2D eigenvalue weighted by molar-refractivity contribution is 5.53. The van der Waals surface area contributed by atoms with Gasteiger partial charge in [0, 0.05) is 24.2 Å². The van der Waals surface area contributed by atoms with Gasteiger partial charge in [0.2, 0.25) is 0 Å². The third-order valence-electron chi connectivity index (χ3n) is 3.03. The summed E-state index contributed by atoms with van der Waals surface area (Å²) < 4.78 is 0. The van der Waals surface area contributed by atoms with Crippen molar-refractivity contribution in [1.82, 2.24) is 15.2 Å². The first kappa shape index (κ1) is 12.4. The minimum atomic E-state index is 0.750. The van der Waals surface area contributed by atoms with Crippen LogP contribution in [-0.4, -0.2) is 21.7 Å². The van der Waals surface area contributed by atoms with E-state index in [0.717, 1.165) is 35.9 Å². The number of hydrogen-bond acceptors (Lipinski definition) is 3. The maximum atomic E-state index is 4.51. The van der Waals surface area contributed by atoms with Crippen LogP contribution in [0.1, 0.15) is 5.82 Å². The molecule has 0 aliphatic heterocycles. The lowest BCUT2D eigenvalue weighted by Gasteiger charge is -2.03. The molecule has 0 fully saturated rings. The number of rotatable bonds is 5. The third-order valence-corrected chi connectivity index (χ3v) is 3.03. The van der Waals surface area contributed by atoms with Gasteiger partial charge in [0.1, 0.15) is 5.82 Å². The number of aromatic nitrogens is 3. The molecule has 2 N–H and O–H groups in total. The van der Waals surface area contributed by atoms with Gasteiger partial charge in [-0.1, -0.05) is 48.5 Å². The number of anilines is 1. The van der Waals surface area contributed by atoms with Gasteiger partial charge in [-0.3, -0.25) is 5.10 Å². The van der Waals surface area contributed by atoms with Crippen molar-refractivity contribution in [3.05, 3.63) is 66.5 Å². The van der Waals surface area contributed by atoms with Crippen LogP contribution < -0.4 is 5.32 Å². The Morgan fingerprint density at radius 2 is 1.60 bits per heavy atom. The fraction of sp³-hybridized carbons (Fsp3) is 0.125. The van der Waals surface area contributed by atoms with Crippen LogP contribution >= 0.6 is 0 Å². The molecule has 3 rings (SSSR count). The van der Waals surface area contributed by atoms with Crippen molar-refractivity contribution in [2.45, 2.75) is 6.42 Å². The standard InChI is InChI=1S/C16H16N4/c1-3-7-13(8-4-1)16-18-15(19-20-16)11-12-17-14-9-5-2-6-10-14/h1-10,17H,11-12H2,(H,18,19,20). The first-order chi connectivity index (χ1) is 9.92. The molecule has 0 aliphatic rings. The smallest absolute Gasteiger partial charge is 0.181 e. The number of H-pyrrole nitrogens is 1. The summed E-state index contributed by atoms with van der Waals surface area (Å²) in [4.78, 5) is 4.51.